The summed E-state index contributed by atoms with van der Waals surface area (Å²) in [6.07, 6.45) is 6.59. The van der Waals surface area contributed by atoms with Gasteiger partial charge in [0, 0.05) is 19.5 Å². The van der Waals surface area contributed by atoms with E-state index < -0.39 is 5.92 Å². The predicted molar refractivity (Wildman–Crippen MR) is 105 cm³/mol. The molecule has 0 saturated heterocycles. The minimum atomic E-state index is -0.532. The molecule has 1 heterocycles. The molecule has 1 saturated carbocycles. The molecule has 0 aliphatic heterocycles. The number of aryl methyl sites for hydroxylation is 1. The molecule has 1 fully saturated rings. The Labute approximate surface area is 165 Å². The number of hydroxylamine groups is 2. The molecule has 0 spiro atoms. The number of hydrazine groups is 1. The average molecular weight is 393 g/mol. The first-order chi connectivity index (χ1) is 13.5. The van der Waals surface area contributed by atoms with Crippen LogP contribution in [0.4, 0.5) is 11.9 Å². The number of nitrogens with zero attached hydrogens (tertiary/aromatic N) is 5. The first-order valence-electron chi connectivity index (χ1n) is 9.92. The number of hydrogen-bond donors (Lipinski definition) is 3. The summed E-state index contributed by atoms with van der Waals surface area (Å²) in [6.45, 7) is 3.97. The Morgan fingerprint density at radius 2 is 2.04 bits per heavy atom. The molecular weight excluding hydrogens is 362 g/mol. The summed E-state index contributed by atoms with van der Waals surface area (Å²) >= 11 is 0. The fraction of sp³-hybridized carbons (Fsp3) is 0.722. The van der Waals surface area contributed by atoms with Gasteiger partial charge in [-0.1, -0.05) is 33.1 Å². The summed E-state index contributed by atoms with van der Waals surface area (Å²) < 4.78 is 0. The fourth-order valence-corrected chi connectivity index (χ4v) is 2.84. The van der Waals surface area contributed by atoms with Crippen molar-refractivity contribution in [1.29, 1.82) is 0 Å². The van der Waals surface area contributed by atoms with Crippen LogP contribution in [0.2, 0.25) is 0 Å². The highest BCUT2D eigenvalue weighted by molar-refractivity contribution is 5.80. The molecule has 28 heavy (non-hydrogen) atoms. The minimum absolute atomic E-state index is 0.0617. The van der Waals surface area contributed by atoms with Gasteiger partial charge in [0.25, 0.3) is 0 Å². The maximum Gasteiger partial charge on any atom is 0.246 e. The largest absolute Gasteiger partial charge is 0.341 e. The topological polar surface area (TPSA) is 124 Å². The molecule has 1 aliphatic rings. The zero-order chi connectivity index (χ0) is 20.5. The Morgan fingerprint density at radius 1 is 1.29 bits per heavy atom. The summed E-state index contributed by atoms with van der Waals surface area (Å²) in [6, 6.07) is 0.455. The Hall–Kier alpha value is -2.49. The lowest BCUT2D eigenvalue weighted by atomic mass is 10.0. The van der Waals surface area contributed by atoms with E-state index in [4.69, 9.17) is 0 Å². The molecule has 2 amide bonds. The second-order valence-electron chi connectivity index (χ2n) is 7.11. The van der Waals surface area contributed by atoms with Crippen LogP contribution in [-0.2, 0) is 16.0 Å². The van der Waals surface area contributed by atoms with E-state index in [-0.39, 0.29) is 18.4 Å². The summed E-state index contributed by atoms with van der Waals surface area (Å²) in [7, 11) is 1.95. The van der Waals surface area contributed by atoms with Crippen LogP contribution in [0, 0.1) is 5.92 Å². The fourth-order valence-electron chi connectivity index (χ4n) is 2.84. The Bertz CT molecular complexity index is 654. The smallest absolute Gasteiger partial charge is 0.246 e. The van der Waals surface area contributed by atoms with E-state index in [0.717, 1.165) is 32.1 Å². The van der Waals surface area contributed by atoms with E-state index in [1.54, 1.807) is 0 Å². The van der Waals surface area contributed by atoms with Crippen LogP contribution in [0.15, 0.2) is 0 Å². The van der Waals surface area contributed by atoms with Gasteiger partial charge in [-0.2, -0.15) is 15.0 Å². The first-order valence-corrected chi connectivity index (χ1v) is 9.92. The van der Waals surface area contributed by atoms with E-state index in [2.05, 4.69) is 32.7 Å². The number of carbonyl (C=O) groups excluding carboxylic acids is 2. The number of anilines is 2. The van der Waals surface area contributed by atoms with Gasteiger partial charge < -0.3 is 4.90 Å². The second-order valence-corrected chi connectivity index (χ2v) is 7.11. The van der Waals surface area contributed by atoms with Crippen LogP contribution in [0.25, 0.3) is 0 Å². The number of hydrogen-bond acceptors (Lipinski definition) is 8. The van der Waals surface area contributed by atoms with Gasteiger partial charge in [-0.3, -0.25) is 25.6 Å². The van der Waals surface area contributed by atoms with Gasteiger partial charge in [-0.15, -0.1) is 0 Å². The van der Waals surface area contributed by atoms with E-state index >= 15 is 0 Å². The highest BCUT2D eigenvalue weighted by atomic mass is 16.5. The third kappa shape index (κ3) is 6.59. The lowest BCUT2D eigenvalue weighted by Crippen LogP contribution is -2.40. The molecule has 1 atom stereocenters. The zero-order valence-corrected chi connectivity index (χ0v) is 16.9. The number of nitrogens with one attached hydrogen (secondary N) is 2. The molecule has 0 bridgehead atoms. The van der Waals surface area contributed by atoms with Crippen molar-refractivity contribution in [3.05, 3.63) is 5.82 Å². The molecule has 3 N–H and O–H groups in total. The standard InChI is InChI=1S/C18H31N7O3/c1-4-6-7-8-13(11-25(28)12-26)16(27)22-23-17-19-15(5-2)20-18(21-17)24(3)14-9-10-14/h12-14,28H,4-11H2,1-3H3,(H,22,27)(H,19,20,21,23)/t13-/m1/s1. The molecule has 156 valence electrons. The molecule has 10 heteroatoms. The number of carbonyl (C=O) groups is 2. The zero-order valence-electron chi connectivity index (χ0n) is 16.9. The summed E-state index contributed by atoms with van der Waals surface area (Å²) in [5.74, 6) is 0.624. The molecule has 1 aromatic rings. The van der Waals surface area contributed by atoms with Gasteiger partial charge in [-0.25, -0.2) is 5.06 Å². The van der Waals surface area contributed by atoms with Crippen molar-refractivity contribution in [2.45, 2.75) is 64.8 Å². The van der Waals surface area contributed by atoms with Crippen LogP contribution in [0.3, 0.4) is 0 Å². The molecule has 10 nitrogen and oxygen atoms in total. The van der Waals surface area contributed by atoms with E-state index in [1.165, 1.54) is 0 Å². The maximum atomic E-state index is 12.5. The SMILES string of the molecule is CCCCC[C@H](CN(O)C=O)C(=O)NNc1nc(CC)nc(N(C)C2CC2)n1. The summed E-state index contributed by atoms with van der Waals surface area (Å²) in [5, 5.41) is 9.97. The van der Waals surface area contributed by atoms with E-state index in [0.29, 0.717) is 42.1 Å². The molecule has 1 aliphatic carbocycles. The van der Waals surface area contributed by atoms with Crippen molar-refractivity contribution >= 4 is 24.2 Å². The second kappa shape index (κ2) is 10.7. The van der Waals surface area contributed by atoms with Crippen molar-refractivity contribution in [1.82, 2.24) is 25.4 Å². The molecule has 2 rings (SSSR count). The number of unbranched alkanes of at least 4 members (excludes halogenated alkanes) is 2. The molecule has 1 aromatic heterocycles. The Kier molecular flexibility index (Phi) is 8.37. The monoisotopic (exact) mass is 393 g/mol. The highest BCUT2D eigenvalue weighted by Crippen LogP contribution is 2.28. The van der Waals surface area contributed by atoms with Crippen LogP contribution >= 0.6 is 0 Å². The third-order valence-corrected chi connectivity index (χ3v) is 4.75. The van der Waals surface area contributed by atoms with E-state index in [1.807, 2.05) is 18.9 Å². The van der Waals surface area contributed by atoms with Gasteiger partial charge in [0.2, 0.25) is 24.2 Å². The molecular formula is C18H31N7O3. The van der Waals surface area contributed by atoms with Gasteiger partial charge in [0.15, 0.2) is 0 Å². The van der Waals surface area contributed by atoms with Crippen LogP contribution in [0.1, 0.15) is 58.2 Å². The van der Waals surface area contributed by atoms with Crippen molar-refractivity contribution in [3.63, 3.8) is 0 Å². The van der Waals surface area contributed by atoms with Gasteiger partial charge in [0.1, 0.15) is 5.82 Å². The lowest BCUT2D eigenvalue weighted by molar-refractivity contribution is -0.154. The van der Waals surface area contributed by atoms with Gasteiger partial charge in [0.05, 0.1) is 12.5 Å². The predicted octanol–water partition coefficient (Wildman–Crippen LogP) is 1.52. The van der Waals surface area contributed by atoms with Gasteiger partial charge >= 0.3 is 0 Å². The van der Waals surface area contributed by atoms with Crippen molar-refractivity contribution < 1.29 is 14.8 Å². The summed E-state index contributed by atoms with van der Waals surface area (Å²) in [5.41, 5.74) is 5.36. The average Bonchev–Trinajstić information content (AvgIpc) is 3.55. The molecule has 0 radical (unpaired) electrons. The Morgan fingerprint density at radius 3 is 2.64 bits per heavy atom. The van der Waals surface area contributed by atoms with Crippen LogP contribution in [-0.4, -0.2) is 57.2 Å². The number of amides is 2. The van der Waals surface area contributed by atoms with Crippen LogP contribution in [0.5, 0.6) is 0 Å². The quantitative estimate of drug-likeness (QED) is 0.199. The van der Waals surface area contributed by atoms with Crippen molar-refractivity contribution in [2.24, 2.45) is 5.92 Å². The molecule has 0 unspecified atom stereocenters. The summed E-state index contributed by atoms with van der Waals surface area (Å²) in [4.78, 5) is 38.4. The number of aromatic nitrogens is 3. The lowest BCUT2D eigenvalue weighted by Gasteiger charge is -2.20. The minimum Gasteiger partial charge on any atom is -0.341 e. The molecule has 0 aromatic carbocycles. The van der Waals surface area contributed by atoms with Crippen molar-refractivity contribution in [2.75, 3.05) is 23.9 Å². The van der Waals surface area contributed by atoms with Crippen molar-refractivity contribution in [3.8, 4) is 0 Å². The Balaban J connectivity index is 2.01. The maximum absolute atomic E-state index is 12.5. The van der Waals surface area contributed by atoms with E-state index in [9.17, 15) is 14.8 Å². The third-order valence-electron chi connectivity index (χ3n) is 4.75. The normalized spacial score (nSPS) is 14.3. The number of rotatable bonds is 13. The van der Waals surface area contributed by atoms with Gasteiger partial charge in [-0.05, 0) is 19.3 Å². The first kappa shape index (κ1) is 21.8. The van der Waals surface area contributed by atoms with Crippen LogP contribution < -0.4 is 15.8 Å². The highest BCUT2D eigenvalue weighted by Gasteiger charge is 2.28.